The topological polar surface area (TPSA) is 56.7 Å². The molecular weight excluding hydrogens is 468 g/mol. The summed E-state index contributed by atoms with van der Waals surface area (Å²) in [5, 5.41) is 4.37. The van der Waals surface area contributed by atoms with E-state index in [2.05, 4.69) is 47.0 Å². The monoisotopic (exact) mass is 488 g/mol. The fourth-order valence-corrected chi connectivity index (χ4v) is 5.30. The smallest absolute Gasteiger partial charge is 0.238 e. The van der Waals surface area contributed by atoms with Crippen molar-refractivity contribution in [1.82, 2.24) is 19.5 Å². The first-order valence-corrected chi connectivity index (χ1v) is 12.6. The maximum atomic E-state index is 6.23. The van der Waals surface area contributed by atoms with Crippen molar-refractivity contribution in [2.24, 2.45) is 0 Å². The van der Waals surface area contributed by atoms with Crippen LogP contribution in [-0.4, -0.2) is 19.5 Å². The third-order valence-electron chi connectivity index (χ3n) is 7.06. The predicted molar refractivity (Wildman–Crippen MR) is 152 cm³/mol. The number of para-hydroxylation sites is 2. The molecule has 0 saturated heterocycles. The molecule has 0 N–H and O–H groups in total. The van der Waals surface area contributed by atoms with E-state index in [9.17, 15) is 0 Å². The van der Waals surface area contributed by atoms with Gasteiger partial charge in [0.25, 0.3) is 0 Å². The summed E-state index contributed by atoms with van der Waals surface area (Å²) < 4.78 is 8.37. The first-order chi connectivity index (χ1) is 18.8. The molecule has 0 spiro atoms. The Bertz CT molecular complexity index is 2070. The van der Waals surface area contributed by atoms with Crippen molar-refractivity contribution in [1.29, 1.82) is 0 Å². The number of hydrogen-bond donors (Lipinski definition) is 0. The fourth-order valence-electron chi connectivity index (χ4n) is 5.30. The van der Waals surface area contributed by atoms with Crippen LogP contribution in [0.2, 0.25) is 0 Å². The minimum Gasteiger partial charge on any atom is -0.456 e. The van der Waals surface area contributed by atoms with Gasteiger partial charge >= 0.3 is 0 Å². The van der Waals surface area contributed by atoms with E-state index in [1.54, 1.807) is 0 Å². The number of hydrogen-bond acceptors (Lipinski definition) is 4. The van der Waals surface area contributed by atoms with Crippen LogP contribution in [0.1, 0.15) is 0 Å². The minimum atomic E-state index is 0.580. The summed E-state index contributed by atoms with van der Waals surface area (Å²) in [5.74, 6) is 1.85. The highest BCUT2D eigenvalue weighted by molar-refractivity contribution is 6.16. The van der Waals surface area contributed by atoms with Crippen molar-refractivity contribution < 1.29 is 4.42 Å². The van der Waals surface area contributed by atoms with Gasteiger partial charge in [-0.25, -0.2) is 4.98 Å². The lowest BCUT2D eigenvalue weighted by Crippen LogP contribution is -2.06. The Morgan fingerprint density at radius 3 is 1.76 bits per heavy atom. The van der Waals surface area contributed by atoms with Gasteiger partial charge in [0, 0.05) is 32.7 Å². The summed E-state index contributed by atoms with van der Waals surface area (Å²) in [4.78, 5) is 14.9. The van der Waals surface area contributed by atoms with Crippen molar-refractivity contribution >= 4 is 43.7 Å². The lowest BCUT2D eigenvalue weighted by Gasteiger charge is -2.10. The third kappa shape index (κ3) is 3.15. The number of aromatic nitrogens is 4. The average Bonchev–Trinajstić information content (AvgIpc) is 3.51. The molecule has 5 heteroatoms. The summed E-state index contributed by atoms with van der Waals surface area (Å²) >= 11 is 0. The van der Waals surface area contributed by atoms with Crippen LogP contribution < -0.4 is 0 Å². The van der Waals surface area contributed by atoms with Gasteiger partial charge in [-0.3, -0.25) is 4.57 Å². The minimum absolute atomic E-state index is 0.580. The normalized spacial score (nSPS) is 11.7. The quantitative estimate of drug-likeness (QED) is 0.251. The molecular formula is C33H20N4O. The zero-order valence-corrected chi connectivity index (χ0v) is 20.2. The van der Waals surface area contributed by atoms with Crippen molar-refractivity contribution in [3.63, 3.8) is 0 Å². The Morgan fingerprint density at radius 2 is 1.05 bits per heavy atom. The SMILES string of the molecule is c1ccc(-c2nc(-c3ccccc3)nc(-n3c4ccccc4c4cc5oc6ccccc6c5cc43)n2)cc1. The molecule has 0 radical (unpaired) electrons. The molecule has 3 aromatic heterocycles. The van der Waals surface area contributed by atoms with Crippen LogP contribution in [0.15, 0.2) is 126 Å². The van der Waals surface area contributed by atoms with Gasteiger partial charge in [0.2, 0.25) is 5.95 Å². The van der Waals surface area contributed by atoms with Gasteiger partial charge in [-0.1, -0.05) is 97.1 Å². The largest absolute Gasteiger partial charge is 0.456 e. The summed E-state index contributed by atoms with van der Waals surface area (Å²) in [7, 11) is 0. The molecule has 0 saturated carbocycles. The van der Waals surface area contributed by atoms with Gasteiger partial charge in [0.1, 0.15) is 11.2 Å². The molecule has 0 fully saturated rings. The second-order valence-electron chi connectivity index (χ2n) is 9.33. The van der Waals surface area contributed by atoms with Crippen molar-refractivity contribution in [3.8, 4) is 28.7 Å². The zero-order chi connectivity index (χ0) is 25.1. The number of furan rings is 1. The molecule has 0 atom stereocenters. The molecule has 178 valence electrons. The molecule has 38 heavy (non-hydrogen) atoms. The van der Waals surface area contributed by atoms with Crippen molar-refractivity contribution in [2.75, 3.05) is 0 Å². The van der Waals surface area contributed by atoms with E-state index in [-0.39, 0.29) is 0 Å². The van der Waals surface area contributed by atoms with E-state index in [0.717, 1.165) is 54.9 Å². The van der Waals surface area contributed by atoms with Crippen LogP contribution in [0.5, 0.6) is 0 Å². The maximum Gasteiger partial charge on any atom is 0.238 e. The van der Waals surface area contributed by atoms with E-state index < -0.39 is 0 Å². The van der Waals surface area contributed by atoms with Crippen LogP contribution in [-0.2, 0) is 0 Å². The molecule has 8 aromatic rings. The Morgan fingerprint density at radius 1 is 0.447 bits per heavy atom. The van der Waals surface area contributed by atoms with Crippen LogP contribution in [0.25, 0.3) is 72.5 Å². The van der Waals surface area contributed by atoms with Gasteiger partial charge in [0.05, 0.1) is 11.0 Å². The molecule has 3 heterocycles. The van der Waals surface area contributed by atoms with Crippen LogP contribution in [0.4, 0.5) is 0 Å². The Labute approximate surface area is 217 Å². The van der Waals surface area contributed by atoms with E-state index >= 15 is 0 Å². The molecule has 8 rings (SSSR count). The van der Waals surface area contributed by atoms with Gasteiger partial charge in [-0.15, -0.1) is 0 Å². The summed E-state index contributed by atoms with van der Waals surface area (Å²) in [6, 6.07) is 41.0. The van der Waals surface area contributed by atoms with Gasteiger partial charge < -0.3 is 4.42 Å². The van der Waals surface area contributed by atoms with E-state index in [0.29, 0.717) is 17.6 Å². The second kappa shape index (κ2) is 8.11. The molecule has 0 amide bonds. The highest BCUT2D eigenvalue weighted by Crippen LogP contribution is 2.38. The lowest BCUT2D eigenvalue weighted by atomic mass is 10.1. The molecule has 5 aromatic carbocycles. The summed E-state index contributed by atoms with van der Waals surface area (Å²) in [5.41, 5.74) is 5.68. The highest BCUT2D eigenvalue weighted by atomic mass is 16.3. The van der Waals surface area contributed by atoms with Gasteiger partial charge in [-0.05, 0) is 24.3 Å². The first-order valence-electron chi connectivity index (χ1n) is 12.6. The lowest BCUT2D eigenvalue weighted by molar-refractivity contribution is 0.669. The molecule has 0 aliphatic carbocycles. The third-order valence-corrected chi connectivity index (χ3v) is 7.06. The second-order valence-corrected chi connectivity index (χ2v) is 9.33. The van der Waals surface area contributed by atoms with E-state index in [1.165, 1.54) is 0 Å². The number of benzene rings is 5. The van der Waals surface area contributed by atoms with E-state index in [4.69, 9.17) is 19.4 Å². The van der Waals surface area contributed by atoms with Crippen molar-refractivity contribution in [3.05, 3.63) is 121 Å². The predicted octanol–water partition coefficient (Wildman–Crippen LogP) is 8.20. The molecule has 0 unspecified atom stereocenters. The Balaban J connectivity index is 1.49. The standard InChI is InChI=1S/C33H20N4O/c1-3-11-21(12-4-1)31-34-32(22-13-5-2-6-14-22)36-33(35-31)37-27-17-9-7-15-23(27)25-20-30-26(19-28(25)37)24-16-8-10-18-29(24)38-30/h1-20H. The maximum absolute atomic E-state index is 6.23. The molecule has 0 aliphatic rings. The fraction of sp³-hybridized carbons (Fsp3) is 0. The van der Waals surface area contributed by atoms with Crippen molar-refractivity contribution in [2.45, 2.75) is 0 Å². The first kappa shape index (κ1) is 20.9. The number of nitrogens with zero attached hydrogens (tertiary/aromatic N) is 4. The molecule has 0 bridgehead atoms. The van der Waals surface area contributed by atoms with Gasteiger partial charge in [-0.2, -0.15) is 9.97 Å². The van der Waals surface area contributed by atoms with Crippen LogP contribution >= 0.6 is 0 Å². The summed E-state index contributed by atoms with van der Waals surface area (Å²) in [6.07, 6.45) is 0. The van der Waals surface area contributed by atoms with Gasteiger partial charge in [0.15, 0.2) is 11.6 Å². The Hall–Kier alpha value is -5.29. The van der Waals surface area contributed by atoms with Crippen LogP contribution in [0, 0.1) is 0 Å². The summed E-state index contributed by atoms with van der Waals surface area (Å²) in [6.45, 7) is 0. The Kier molecular flexibility index (Phi) is 4.45. The number of rotatable bonds is 3. The van der Waals surface area contributed by atoms with E-state index in [1.807, 2.05) is 78.9 Å². The average molecular weight is 489 g/mol. The zero-order valence-electron chi connectivity index (χ0n) is 20.2. The van der Waals surface area contributed by atoms with Crippen LogP contribution in [0.3, 0.4) is 0 Å². The highest BCUT2D eigenvalue weighted by Gasteiger charge is 2.19. The molecule has 0 aliphatic heterocycles. The number of fused-ring (bicyclic) bond motifs is 6. The molecule has 5 nitrogen and oxygen atoms in total.